The molecule has 0 heterocycles. The standard InChI is InChI=1S/C13H24O2/c1-2-3-4-8-12(14)10-11-7-5-6-9-13(11)15/h11,13,15H,2-10H2,1H3/t11-,13+/m1/s1. The third kappa shape index (κ3) is 4.78. The van der Waals surface area contributed by atoms with Crippen molar-refractivity contribution < 1.29 is 9.90 Å². The van der Waals surface area contributed by atoms with Crippen LogP contribution in [-0.2, 0) is 4.79 Å². The molecule has 1 fully saturated rings. The van der Waals surface area contributed by atoms with E-state index in [2.05, 4.69) is 6.92 Å². The zero-order chi connectivity index (χ0) is 11.1. The first kappa shape index (κ1) is 12.7. The summed E-state index contributed by atoms with van der Waals surface area (Å²) in [4.78, 5) is 11.6. The van der Waals surface area contributed by atoms with Gasteiger partial charge in [0.1, 0.15) is 5.78 Å². The number of ketones is 1. The summed E-state index contributed by atoms with van der Waals surface area (Å²) in [5.41, 5.74) is 0. The number of carbonyl (C=O) groups excluding carboxylic acids is 1. The minimum Gasteiger partial charge on any atom is -0.393 e. The maximum absolute atomic E-state index is 11.6. The summed E-state index contributed by atoms with van der Waals surface area (Å²) in [6.45, 7) is 2.15. The highest BCUT2D eigenvalue weighted by atomic mass is 16.3. The van der Waals surface area contributed by atoms with Crippen molar-refractivity contribution in [1.29, 1.82) is 0 Å². The van der Waals surface area contributed by atoms with Crippen molar-refractivity contribution in [2.45, 2.75) is 70.8 Å². The number of hydrogen-bond donors (Lipinski definition) is 1. The number of rotatable bonds is 6. The summed E-state index contributed by atoms with van der Waals surface area (Å²) in [6.07, 6.45) is 8.71. The molecule has 88 valence electrons. The Morgan fingerprint density at radius 2 is 2.00 bits per heavy atom. The molecule has 1 N–H and O–H groups in total. The number of hydrogen-bond acceptors (Lipinski definition) is 2. The average Bonchev–Trinajstić information content (AvgIpc) is 2.22. The second-order valence-corrected chi connectivity index (χ2v) is 4.81. The van der Waals surface area contributed by atoms with Crippen molar-refractivity contribution >= 4 is 5.78 Å². The smallest absolute Gasteiger partial charge is 0.133 e. The van der Waals surface area contributed by atoms with Crippen LogP contribution in [0.1, 0.15) is 64.7 Å². The maximum Gasteiger partial charge on any atom is 0.133 e. The SMILES string of the molecule is CCCCCC(=O)C[C@H]1CCCC[C@@H]1O. The van der Waals surface area contributed by atoms with Gasteiger partial charge in [-0.3, -0.25) is 4.79 Å². The van der Waals surface area contributed by atoms with Gasteiger partial charge in [0.25, 0.3) is 0 Å². The Kier molecular flexibility index (Phi) is 5.92. The normalized spacial score (nSPS) is 26.5. The van der Waals surface area contributed by atoms with Crippen LogP contribution in [0.3, 0.4) is 0 Å². The van der Waals surface area contributed by atoms with E-state index in [1.807, 2.05) is 0 Å². The second-order valence-electron chi connectivity index (χ2n) is 4.81. The van der Waals surface area contributed by atoms with Crippen LogP contribution in [0.25, 0.3) is 0 Å². The van der Waals surface area contributed by atoms with Crippen LogP contribution in [-0.4, -0.2) is 17.0 Å². The molecule has 0 aliphatic heterocycles. The number of aliphatic hydroxyl groups excluding tert-OH is 1. The maximum atomic E-state index is 11.6. The number of carbonyl (C=O) groups is 1. The van der Waals surface area contributed by atoms with Gasteiger partial charge < -0.3 is 5.11 Å². The lowest BCUT2D eigenvalue weighted by molar-refractivity contribution is -0.121. The molecule has 1 saturated carbocycles. The summed E-state index contributed by atoms with van der Waals surface area (Å²) in [6, 6.07) is 0. The molecule has 0 aromatic heterocycles. The van der Waals surface area contributed by atoms with E-state index in [4.69, 9.17) is 0 Å². The van der Waals surface area contributed by atoms with Crippen molar-refractivity contribution in [1.82, 2.24) is 0 Å². The fourth-order valence-corrected chi connectivity index (χ4v) is 2.39. The summed E-state index contributed by atoms with van der Waals surface area (Å²) in [7, 11) is 0. The zero-order valence-corrected chi connectivity index (χ0v) is 9.87. The van der Waals surface area contributed by atoms with Crippen molar-refractivity contribution in [3.63, 3.8) is 0 Å². The zero-order valence-electron chi connectivity index (χ0n) is 9.87. The Hall–Kier alpha value is -0.370. The third-order valence-corrected chi connectivity index (χ3v) is 3.42. The Balaban J connectivity index is 2.18. The lowest BCUT2D eigenvalue weighted by Gasteiger charge is -2.26. The van der Waals surface area contributed by atoms with Crippen molar-refractivity contribution in [3.8, 4) is 0 Å². The highest BCUT2D eigenvalue weighted by Crippen LogP contribution is 2.27. The lowest BCUT2D eigenvalue weighted by Crippen LogP contribution is -2.26. The molecular formula is C13H24O2. The first-order valence-corrected chi connectivity index (χ1v) is 6.43. The molecule has 1 aliphatic rings. The fraction of sp³-hybridized carbons (Fsp3) is 0.923. The van der Waals surface area contributed by atoms with Gasteiger partial charge in [-0.15, -0.1) is 0 Å². The van der Waals surface area contributed by atoms with Crippen LogP contribution >= 0.6 is 0 Å². The lowest BCUT2D eigenvalue weighted by atomic mass is 9.83. The molecule has 0 amide bonds. The average molecular weight is 212 g/mol. The molecule has 0 spiro atoms. The van der Waals surface area contributed by atoms with Crippen LogP contribution < -0.4 is 0 Å². The molecule has 0 unspecified atom stereocenters. The van der Waals surface area contributed by atoms with Crippen molar-refractivity contribution in [2.75, 3.05) is 0 Å². The van der Waals surface area contributed by atoms with E-state index in [0.29, 0.717) is 12.2 Å². The van der Waals surface area contributed by atoms with E-state index < -0.39 is 0 Å². The first-order valence-electron chi connectivity index (χ1n) is 6.43. The van der Waals surface area contributed by atoms with E-state index in [1.165, 1.54) is 12.8 Å². The molecule has 0 radical (unpaired) electrons. The largest absolute Gasteiger partial charge is 0.393 e. The van der Waals surface area contributed by atoms with Gasteiger partial charge >= 0.3 is 0 Å². The van der Waals surface area contributed by atoms with E-state index in [1.54, 1.807) is 0 Å². The van der Waals surface area contributed by atoms with E-state index in [0.717, 1.165) is 38.5 Å². The van der Waals surface area contributed by atoms with Gasteiger partial charge in [0.2, 0.25) is 0 Å². The van der Waals surface area contributed by atoms with Gasteiger partial charge in [0, 0.05) is 12.8 Å². The van der Waals surface area contributed by atoms with Crippen molar-refractivity contribution in [2.24, 2.45) is 5.92 Å². The minimum absolute atomic E-state index is 0.214. The predicted molar refractivity (Wildman–Crippen MR) is 61.7 cm³/mol. The van der Waals surface area contributed by atoms with Crippen LogP contribution in [0.4, 0.5) is 0 Å². The van der Waals surface area contributed by atoms with Gasteiger partial charge in [-0.25, -0.2) is 0 Å². The van der Waals surface area contributed by atoms with Gasteiger partial charge in [0.15, 0.2) is 0 Å². The topological polar surface area (TPSA) is 37.3 Å². The molecule has 0 bridgehead atoms. The van der Waals surface area contributed by atoms with Gasteiger partial charge in [-0.1, -0.05) is 32.6 Å². The Labute approximate surface area is 93.1 Å². The monoisotopic (exact) mass is 212 g/mol. The Morgan fingerprint density at radius 1 is 1.27 bits per heavy atom. The minimum atomic E-state index is -0.214. The molecule has 1 rings (SSSR count). The van der Waals surface area contributed by atoms with Crippen LogP contribution in [0.15, 0.2) is 0 Å². The number of unbranched alkanes of at least 4 members (excludes halogenated alkanes) is 2. The first-order chi connectivity index (χ1) is 7.24. The summed E-state index contributed by atoms with van der Waals surface area (Å²) >= 11 is 0. The van der Waals surface area contributed by atoms with E-state index in [9.17, 15) is 9.90 Å². The van der Waals surface area contributed by atoms with E-state index >= 15 is 0 Å². The predicted octanol–water partition coefficient (Wildman–Crippen LogP) is 3.08. The molecule has 15 heavy (non-hydrogen) atoms. The number of Topliss-reactive ketones (excluding diaryl/α,β-unsaturated/α-hetero) is 1. The van der Waals surface area contributed by atoms with Gasteiger partial charge in [-0.2, -0.15) is 0 Å². The van der Waals surface area contributed by atoms with Gasteiger partial charge in [0.05, 0.1) is 6.10 Å². The summed E-state index contributed by atoms with van der Waals surface area (Å²) in [5.74, 6) is 0.613. The fourth-order valence-electron chi connectivity index (χ4n) is 2.39. The van der Waals surface area contributed by atoms with Crippen LogP contribution in [0, 0.1) is 5.92 Å². The Bertz CT molecular complexity index is 189. The van der Waals surface area contributed by atoms with E-state index in [-0.39, 0.29) is 12.0 Å². The van der Waals surface area contributed by atoms with Gasteiger partial charge in [-0.05, 0) is 25.2 Å². The molecule has 0 saturated heterocycles. The van der Waals surface area contributed by atoms with Crippen LogP contribution in [0.5, 0.6) is 0 Å². The molecule has 0 aromatic carbocycles. The molecule has 2 atom stereocenters. The third-order valence-electron chi connectivity index (χ3n) is 3.42. The number of aliphatic hydroxyl groups is 1. The molecule has 2 nitrogen and oxygen atoms in total. The molecule has 1 aliphatic carbocycles. The van der Waals surface area contributed by atoms with Crippen LogP contribution in [0.2, 0.25) is 0 Å². The summed E-state index contributed by atoms with van der Waals surface area (Å²) < 4.78 is 0. The second kappa shape index (κ2) is 7.00. The summed E-state index contributed by atoms with van der Waals surface area (Å²) in [5, 5.41) is 9.74. The van der Waals surface area contributed by atoms with Crippen molar-refractivity contribution in [3.05, 3.63) is 0 Å². The molecular weight excluding hydrogens is 188 g/mol. The molecule has 0 aromatic rings. The highest BCUT2D eigenvalue weighted by Gasteiger charge is 2.24. The highest BCUT2D eigenvalue weighted by molar-refractivity contribution is 5.78. The molecule has 2 heteroatoms. The quantitative estimate of drug-likeness (QED) is 0.687. The Morgan fingerprint density at radius 3 is 2.67 bits per heavy atom.